The van der Waals surface area contributed by atoms with Crippen LogP contribution in [0.3, 0.4) is 0 Å². The fraction of sp³-hybridized carbons (Fsp3) is 0.500. The molecule has 0 aromatic carbocycles. The van der Waals surface area contributed by atoms with E-state index in [1.165, 1.54) is 0 Å². The Morgan fingerprint density at radius 3 is 2.67 bits per heavy atom. The minimum Gasteiger partial charge on any atom is -0.395 e. The highest BCUT2D eigenvalue weighted by molar-refractivity contribution is 5.66. The summed E-state index contributed by atoms with van der Waals surface area (Å²) in [6, 6.07) is 0. The largest absolute Gasteiger partial charge is 0.395 e. The van der Waals surface area contributed by atoms with E-state index in [1.54, 1.807) is 6.20 Å². The van der Waals surface area contributed by atoms with Crippen LogP contribution in [0.25, 0.3) is 0 Å². The van der Waals surface area contributed by atoms with Gasteiger partial charge >= 0.3 is 0 Å². The summed E-state index contributed by atoms with van der Waals surface area (Å²) in [5.74, 6) is 0.311. The number of nitrogens with one attached hydrogen (secondary N) is 1. The second-order valence-corrected chi connectivity index (χ2v) is 2.96. The predicted molar refractivity (Wildman–Crippen MR) is 50.1 cm³/mol. The Kier molecular flexibility index (Phi) is 2.47. The van der Waals surface area contributed by atoms with Crippen LogP contribution >= 0.6 is 0 Å². The molecule has 0 fully saturated rings. The lowest BCUT2D eigenvalue weighted by Gasteiger charge is -2.10. The Labute approximate surface area is 72.2 Å². The van der Waals surface area contributed by atoms with Crippen LogP contribution in [-0.4, -0.2) is 17.2 Å². The Balaban J connectivity index is 3.14. The van der Waals surface area contributed by atoms with Crippen LogP contribution in [0, 0.1) is 0 Å². The molecule has 0 amide bonds. The fourth-order valence-corrected chi connectivity index (χ4v) is 1.04. The molecule has 0 aliphatic carbocycles. The van der Waals surface area contributed by atoms with Crippen molar-refractivity contribution < 1.29 is 0 Å². The van der Waals surface area contributed by atoms with E-state index >= 15 is 0 Å². The van der Waals surface area contributed by atoms with Crippen molar-refractivity contribution in [3.05, 3.63) is 11.9 Å². The van der Waals surface area contributed by atoms with E-state index in [2.05, 4.69) is 15.5 Å². The first kappa shape index (κ1) is 8.77. The average molecular weight is 166 g/mol. The molecule has 3 N–H and O–H groups in total. The summed E-state index contributed by atoms with van der Waals surface area (Å²) in [4.78, 5) is 0. The third kappa shape index (κ3) is 1.47. The highest BCUT2D eigenvalue weighted by Crippen LogP contribution is 2.24. The van der Waals surface area contributed by atoms with Gasteiger partial charge < -0.3 is 11.1 Å². The Hall–Kier alpha value is -1.32. The number of anilines is 2. The van der Waals surface area contributed by atoms with E-state index < -0.39 is 0 Å². The minimum absolute atomic E-state index is 0.311. The monoisotopic (exact) mass is 166 g/mol. The predicted octanol–water partition coefficient (Wildman–Crippen LogP) is 1.22. The lowest BCUT2D eigenvalue weighted by molar-refractivity contribution is 0.790. The maximum atomic E-state index is 5.83. The van der Waals surface area contributed by atoms with Crippen molar-refractivity contribution in [2.75, 3.05) is 18.1 Å². The number of nitrogen functional groups attached to an aromatic ring is 1. The quantitative estimate of drug-likeness (QED) is 0.693. The van der Waals surface area contributed by atoms with Crippen molar-refractivity contribution in [3.63, 3.8) is 0 Å². The highest BCUT2D eigenvalue weighted by atomic mass is 15.1. The third-order valence-corrected chi connectivity index (χ3v) is 1.73. The molecule has 0 bridgehead atoms. The molecule has 4 heteroatoms. The normalized spacial score (nSPS) is 10.3. The number of rotatable bonds is 2. The molecule has 0 saturated heterocycles. The smallest absolute Gasteiger partial charge is 0.0906 e. The van der Waals surface area contributed by atoms with Crippen molar-refractivity contribution in [2.24, 2.45) is 0 Å². The van der Waals surface area contributed by atoms with Crippen molar-refractivity contribution in [3.8, 4) is 0 Å². The molecule has 1 heterocycles. The number of hydrogen-bond acceptors (Lipinski definition) is 4. The van der Waals surface area contributed by atoms with Gasteiger partial charge in [0.25, 0.3) is 0 Å². The van der Waals surface area contributed by atoms with Crippen LogP contribution in [0.4, 0.5) is 11.4 Å². The first-order chi connectivity index (χ1) is 5.66. The standard InChI is InChI=1S/C8H14N4/c1-5(2)8-7(9)6(10-3)4-11-12-8/h4-5H,1-3H3,(H2,9,11)(H,10,12). The van der Waals surface area contributed by atoms with Crippen LogP contribution in [0.2, 0.25) is 0 Å². The summed E-state index contributed by atoms with van der Waals surface area (Å²) in [5.41, 5.74) is 8.22. The van der Waals surface area contributed by atoms with Crippen LogP contribution < -0.4 is 11.1 Å². The van der Waals surface area contributed by atoms with Gasteiger partial charge in [-0.25, -0.2) is 0 Å². The first-order valence-corrected chi connectivity index (χ1v) is 3.95. The maximum absolute atomic E-state index is 5.83. The lowest BCUT2D eigenvalue weighted by Crippen LogP contribution is -2.05. The second kappa shape index (κ2) is 3.38. The average Bonchev–Trinajstić information content (AvgIpc) is 2.04. The van der Waals surface area contributed by atoms with Crippen LogP contribution in [0.1, 0.15) is 25.5 Å². The molecule has 0 saturated carbocycles. The zero-order valence-electron chi connectivity index (χ0n) is 7.63. The molecule has 0 unspecified atom stereocenters. The summed E-state index contributed by atoms with van der Waals surface area (Å²) >= 11 is 0. The first-order valence-electron chi connectivity index (χ1n) is 3.95. The molecule has 1 aromatic heterocycles. The van der Waals surface area contributed by atoms with Gasteiger partial charge in [-0.2, -0.15) is 10.2 Å². The molecule has 0 radical (unpaired) electrons. The van der Waals surface area contributed by atoms with Crippen molar-refractivity contribution in [1.82, 2.24) is 10.2 Å². The van der Waals surface area contributed by atoms with Gasteiger partial charge in [0.1, 0.15) is 0 Å². The van der Waals surface area contributed by atoms with Crippen LogP contribution in [0.5, 0.6) is 0 Å². The summed E-state index contributed by atoms with van der Waals surface area (Å²) < 4.78 is 0. The van der Waals surface area contributed by atoms with Gasteiger partial charge in [0.15, 0.2) is 0 Å². The van der Waals surface area contributed by atoms with Crippen LogP contribution in [0.15, 0.2) is 6.20 Å². The molecule has 0 spiro atoms. The second-order valence-electron chi connectivity index (χ2n) is 2.96. The fourth-order valence-electron chi connectivity index (χ4n) is 1.04. The van der Waals surface area contributed by atoms with Gasteiger partial charge in [-0.1, -0.05) is 13.8 Å². The Morgan fingerprint density at radius 2 is 2.17 bits per heavy atom. The number of hydrogen-bond donors (Lipinski definition) is 2. The molecule has 12 heavy (non-hydrogen) atoms. The summed E-state index contributed by atoms with van der Waals surface area (Å²) in [6.45, 7) is 4.08. The SMILES string of the molecule is CNc1cnnc(C(C)C)c1N. The summed E-state index contributed by atoms with van der Waals surface area (Å²) in [7, 11) is 1.82. The zero-order valence-corrected chi connectivity index (χ0v) is 7.63. The van der Waals surface area contributed by atoms with E-state index in [1.807, 2.05) is 20.9 Å². The summed E-state index contributed by atoms with van der Waals surface area (Å²) in [6.07, 6.45) is 1.63. The molecule has 66 valence electrons. The molecular weight excluding hydrogens is 152 g/mol. The van der Waals surface area contributed by atoms with E-state index in [-0.39, 0.29) is 0 Å². The molecule has 4 nitrogen and oxygen atoms in total. The highest BCUT2D eigenvalue weighted by Gasteiger charge is 2.09. The molecule has 1 aromatic rings. The number of nitrogens with zero attached hydrogens (tertiary/aromatic N) is 2. The van der Waals surface area contributed by atoms with Crippen molar-refractivity contribution >= 4 is 11.4 Å². The third-order valence-electron chi connectivity index (χ3n) is 1.73. The lowest BCUT2D eigenvalue weighted by atomic mass is 10.1. The Bertz CT molecular complexity index is 270. The molecule has 0 atom stereocenters. The van der Waals surface area contributed by atoms with E-state index in [9.17, 15) is 0 Å². The van der Waals surface area contributed by atoms with Gasteiger partial charge in [-0.3, -0.25) is 0 Å². The topological polar surface area (TPSA) is 63.8 Å². The van der Waals surface area contributed by atoms with Gasteiger partial charge in [0.05, 0.1) is 23.3 Å². The van der Waals surface area contributed by atoms with Gasteiger partial charge in [0, 0.05) is 7.05 Å². The molecule has 0 aliphatic heterocycles. The van der Waals surface area contributed by atoms with Gasteiger partial charge in [0.2, 0.25) is 0 Å². The maximum Gasteiger partial charge on any atom is 0.0906 e. The van der Waals surface area contributed by atoms with Gasteiger partial charge in [-0.05, 0) is 5.92 Å². The molecule has 0 aliphatic rings. The number of aromatic nitrogens is 2. The van der Waals surface area contributed by atoms with Crippen molar-refractivity contribution in [2.45, 2.75) is 19.8 Å². The van der Waals surface area contributed by atoms with Crippen LogP contribution in [-0.2, 0) is 0 Å². The molecular formula is C8H14N4. The van der Waals surface area contributed by atoms with E-state index in [0.29, 0.717) is 11.6 Å². The molecule has 1 rings (SSSR count). The summed E-state index contributed by atoms with van der Waals surface area (Å²) in [5, 5.41) is 10.8. The number of nitrogens with two attached hydrogens (primary N) is 1. The van der Waals surface area contributed by atoms with Gasteiger partial charge in [-0.15, -0.1) is 0 Å². The zero-order chi connectivity index (χ0) is 9.14. The van der Waals surface area contributed by atoms with E-state index in [4.69, 9.17) is 5.73 Å². The Morgan fingerprint density at radius 1 is 1.50 bits per heavy atom. The van der Waals surface area contributed by atoms with Crippen molar-refractivity contribution in [1.29, 1.82) is 0 Å². The minimum atomic E-state index is 0.311. The van der Waals surface area contributed by atoms with E-state index in [0.717, 1.165) is 11.4 Å².